The van der Waals surface area contributed by atoms with Gasteiger partial charge in [0.15, 0.2) is 6.10 Å². The predicted molar refractivity (Wildman–Crippen MR) is 315 cm³/mol. The van der Waals surface area contributed by atoms with Crippen LogP contribution in [0.2, 0.25) is 0 Å². The smallest absolute Gasteiger partial charge is 0.306 e. The van der Waals surface area contributed by atoms with Gasteiger partial charge in [0, 0.05) is 19.3 Å². The minimum Gasteiger partial charge on any atom is -0.462 e. The van der Waals surface area contributed by atoms with Gasteiger partial charge >= 0.3 is 17.9 Å². The number of hydrogen-bond acceptors (Lipinski definition) is 6. The molecule has 0 aliphatic rings. The lowest BCUT2D eigenvalue weighted by atomic mass is 10.1. The molecular formula is C67H102O6. The van der Waals surface area contributed by atoms with E-state index in [-0.39, 0.29) is 44.0 Å². The van der Waals surface area contributed by atoms with Gasteiger partial charge in [-0.2, -0.15) is 0 Å². The van der Waals surface area contributed by atoms with Crippen LogP contribution in [0.25, 0.3) is 0 Å². The van der Waals surface area contributed by atoms with Crippen LogP contribution in [0, 0.1) is 0 Å². The molecule has 0 saturated heterocycles. The van der Waals surface area contributed by atoms with Crippen molar-refractivity contribution in [3.63, 3.8) is 0 Å². The van der Waals surface area contributed by atoms with E-state index in [1.807, 2.05) is 0 Å². The molecule has 0 aromatic heterocycles. The summed E-state index contributed by atoms with van der Waals surface area (Å²) in [4.78, 5) is 37.8. The third kappa shape index (κ3) is 57.5. The van der Waals surface area contributed by atoms with Crippen LogP contribution in [0.15, 0.2) is 170 Å². The summed E-state index contributed by atoms with van der Waals surface area (Å²) in [6.45, 7) is 6.23. The summed E-state index contributed by atoms with van der Waals surface area (Å²) in [5, 5.41) is 0. The van der Waals surface area contributed by atoms with Crippen molar-refractivity contribution in [1.82, 2.24) is 0 Å². The second-order valence-electron chi connectivity index (χ2n) is 18.1. The molecule has 1 unspecified atom stereocenters. The lowest BCUT2D eigenvalue weighted by Crippen LogP contribution is -2.30. The molecule has 0 aromatic carbocycles. The van der Waals surface area contributed by atoms with E-state index in [0.29, 0.717) is 12.8 Å². The topological polar surface area (TPSA) is 78.9 Å². The molecule has 0 aromatic rings. The Morgan fingerprint density at radius 2 is 0.548 bits per heavy atom. The Hall–Kier alpha value is -5.23. The first kappa shape index (κ1) is 67.8. The standard InChI is InChI=1S/C67H102O6/c1-4-7-10-13-15-17-19-21-23-25-27-29-30-31-32-33-34-35-36-38-39-41-43-45-47-49-51-54-57-60-66(69)72-63-64(62-71-65(68)59-56-53-12-9-6-3)73-67(70)61-58-55-52-50-48-46-44-42-40-37-28-26-24-22-20-18-16-14-11-8-5-2/h7-8,10-11,15-18,21-24,27-29,31-32,34-35,37-39,42-45,49,51,64H,4-6,9,12-14,19-20,25-26,30,33,36,40-41,46-48,50,52-63H2,1-3H3/b10-7-,11-8-,17-15-,18-16-,23-21-,24-22-,29-27-,32-31-,35-34-,37-28-,39-38-,44-42-,45-43-,51-49-. The van der Waals surface area contributed by atoms with Crippen LogP contribution in [0.1, 0.15) is 213 Å². The maximum absolute atomic E-state index is 12.8. The minimum atomic E-state index is -0.817. The van der Waals surface area contributed by atoms with Crippen LogP contribution in [0.5, 0.6) is 0 Å². The third-order valence-electron chi connectivity index (χ3n) is 11.2. The van der Waals surface area contributed by atoms with E-state index in [1.165, 1.54) is 0 Å². The Morgan fingerprint density at radius 3 is 0.890 bits per heavy atom. The Bertz CT molecular complexity index is 1720. The summed E-state index contributed by atoms with van der Waals surface area (Å²) in [6, 6.07) is 0. The lowest BCUT2D eigenvalue weighted by Gasteiger charge is -2.18. The molecule has 0 rings (SSSR count). The van der Waals surface area contributed by atoms with Crippen molar-refractivity contribution in [2.45, 2.75) is 219 Å². The first-order chi connectivity index (χ1) is 36.0. The number of unbranched alkanes of at least 4 members (excludes halogenated alkanes) is 10. The summed E-state index contributed by atoms with van der Waals surface area (Å²) in [7, 11) is 0. The van der Waals surface area contributed by atoms with E-state index in [4.69, 9.17) is 14.2 Å². The van der Waals surface area contributed by atoms with Crippen molar-refractivity contribution in [2.24, 2.45) is 0 Å². The number of ether oxygens (including phenoxy) is 3. The van der Waals surface area contributed by atoms with Crippen LogP contribution in [-0.2, 0) is 28.6 Å². The monoisotopic (exact) mass is 1000 g/mol. The van der Waals surface area contributed by atoms with Crippen molar-refractivity contribution in [1.29, 1.82) is 0 Å². The van der Waals surface area contributed by atoms with E-state index < -0.39 is 6.10 Å². The Morgan fingerprint density at radius 1 is 0.288 bits per heavy atom. The van der Waals surface area contributed by atoms with Gasteiger partial charge in [0.05, 0.1) is 0 Å². The summed E-state index contributed by atoms with van der Waals surface area (Å²) in [5.74, 6) is -1.02. The molecule has 0 aliphatic heterocycles. The van der Waals surface area contributed by atoms with E-state index >= 15 is 0 Å². The number of esters is 3. The molecule has 0 amide bonds. The number of rotatable bonds is 49. The van der Waals surface area contributed by atoms with Gasteiger partial charge in [0.1, 0.15) is 13.2 Å². The zero-order valence-corrected chi connectivity index (χ0v) is 46.3. The molecule has 406 valence electrons. The molecule has 0 aliphatic carbocycles. The average molecular weight is 1000 g/mol. The summed E-state index contributed by atoms with van der Waals surface area (Å²) < 4.78 is 16.6. The van der Waals surface area contributed by atoms with Gasteiger partial charge in [-0.05, 0) is 128 Å². The zero-order chi connectivity index (χ0) is 52.9. The van der Waals surface area contributed by atoms with Crippen LogP contribution < -0.4 is 0 Å². The van der Waals surface area contributed by atoms with Crippen LogP contribution in [-0.4, -0.2) is 37.2 Å². The van der Waals surface area contributed by atoms with Gasteiger partial charge in [0.25, 0.3) is 0 Å². The van der Waals surface area contributed by atoms with Crippen molar-refractivity contribution in [2.75, 3.05) is 13.2 Å². The van der Waals surface area contributed by atoms with Gasteiger partial charge in [-0.1, -0.05) is 236 Å². The Labute approximate surface area is 447 Å². The maximum Gasteiger partial charge on any atom is 0.306 e. The molecule has 73 heavy (non-hydrogen) atoms. The second kappa shape index (κ2) is 59.3. The third-order valence-corrected chi connectivity index (χ3v) is 11.2. The number of carbonyl (C=O) groups excluding carboxylic acids is 3. The quantitative estimate of drug-likeness (QED) is 0.0261. The van der Waals surface area contributed by atoms with Crippen molar-refractivity contribution in [3.8, 4) is 0 Å². The molecule has 6 heteroatoms. The molecule has 1 atom stereocenters. The number of hydrogen-bond donors (Lipinski definition) is 0. The summed E-state index contributed by atoms with van der Waals surface area (Å²) >= 11 is 0. The molecule has 0 fully saturated rings. The SMILES string of the molecule is CC/C=C\C/C=C\C/C=C\C/C=C\C/C=C\C/C=C\C/C=C\C/C=C\C/C=C\CCCC(=O)OCC(COC(=O)CCCCCCC)OC(=O)CCCCCCC/C=C\C/C=C\C/C=C\C/C=C\C/C=C\CC. The molecule has 0 N–H and O–H groups in total. The van der Waals surface area contributed by atoms with E-state index in [9.17, 15) is 14.4 Å². The Kier molecular flexibility index (Phi) is 55.1. The molecule has 0 heterocycles. The first-order valence-electron chi connectivity index (χ1n) is 28.6. The summed E-state index contributed by atoms with van der Waals surface area (Å²) in [5.41, 5.74) is 0. The lowest BCUT2D eigenvalue weighted by molar-refractivity contribution is -0.167. The average Bonchev–Trinajstić information content (AvgIpc) is 3.39. The van der Waals surface area contributed by atoms with Gasteiger partial charge in [-0.15, -0.1) is 0 Å². The number of allylic oxidation sites excluding steroid dienone is 28. The van der Waals surface area contributed by atoms with E-state index in [0.717, 1.165) is 167 Å². The van der Waals surface area contributed by atoms with Crippen LogP contribution >= 0.6 is 0 Å². The van der Waals surface area contributed by atoms with Crippen molar-refractivity contribution < 1.29 is 28.6 Å². The highest BCUT2D eigenvalue weighted by molar-refractivity contribution is 5.71. The van der Waals surface area contributed by atoms with Crippen LogP contribution in [0.3, 0.4) is 0 Å². The molecule has 6 nitrogen and oxygen atoms in total. The van der Waals surface area contributed by atoms with Crippen molar-refractivity contribution in [3.05, 3.63) is 170 Å². The van der Waals surface area contributed by atoms with Crippen molar-refractivity contribution >= 4 is 17.9 Å². The first-order valence-corrected chi connectivity index (χ1v) is 28.6. The normalized spacial score (nSPS) is 13.4. The van der Waals surface area contributed by atoms with Gasteiger partial charge < -0.3 is 14.2 Å². The van der Waals surface area contributed by atoms with E-state index in [2.05, 4.69) is 191 Å². The summed E-state index contributed by atoms with van der Waals surface area (Å²) in [6.07, 6.45) is 88.2. The second-order valence-corrected chi connectivity index (χ2v) is 18.1. The highest BCUT2D eigenvalue weighted by Gasteiger charge is 2.19. The zero-order valence-electron chi connectivity index (χ0n) is 46.3. The van der Waals surface area contributed by atoms with E-state index in [1.54, 1.807) is 0 Å². The fourth-order valence-electron chi connectivity index (χ4n) is 7.00. The minimum absolute atomic E-state index is 0.113. The van der Waals surface area contributed by atoms with Gasteiger partial charge in [-0.25, -0.2) is 0 Å². The molecular weight excluding hydrogens is 901 g/mol. The van der Waals surface area contributed by atoms with Crippen LogP contribution in [0.4, 0.5) is 0 Å². The largest absolute Gasteiger partial charge is 0.462 e. The molecule has 0 bridgehead atoms. The predicted octanol–water partition coefficient (Wildman–Crippen LogP) is 19.5. The Balaban J connectivity index is 4.30. The molecule has 0 spiro atoms. The highest BCUT2D eigenvalue weighted by Crippen LogP contribution is 2.12. The maximum atomic E-state index is 12.8. The number of carbonyl (C=O) groups is 3. The van der Waals surface area contributed by atoms with Gasteiger partial charge in [0.2, 0.25) is 0 Å². The molecule has 0 radical (unpaired) electrons. The fourth-order valence-corrected chi connectivity index (χ4v) is 7.00. The fraction of sp³-hybridized carbons (Fsp3) is 0.537. The van der Waals surface area contributed by atoms with Gasteiger partial charge in [-0.3, -0.25) is 14.4 Å². The highest BCUT2D eigenvalue weighted by atomic mass is 16.6. The molecule has 0 saturated carbocycles.